The van der Waals surface area contributed by atoms with Crippen LogP contribution in [0.3, 0.4) is 0 Å². The topological polar surface area (TPSA) is 39.2 Å². The van der Waals surface area contributed by atoms with Gasteiger partial charge in [-0.3, -0.25) is 0 Å². The standard InChI is InChI=1S/C14H14ClNO2S/c1-3-5-9-6-4-7-10(8-9)13-16-12(15)11(19-13)14(17)18-2/h4,6-8H,3,5H2,1-2H3. The minimum atomic E-state index is -0.446. The molecule has 0 bridgehead atoms. The number of methoxy groups -OCH3 is 1. The summed E-state index contributed by atoms with van der Waals surface area (Å²) in [4.78, 5) is 16.1. The summed E-state index contributed by atoms with van der Waals surface area (Å²) in [5.41, 5.74) is 2.24. The van der Waals surface area contributed by atoms with E-state index >= 15 is 0 Å². The lowest BCUT2D eigenvalue weighted by Gasteiger charge is -2.01. The number of carbonyl (C=O) groups is 1. The molecule has 1 aromatic heterocycles. The van der Waals surface area contributed by atoms with E-state index in [2.05, 4.69) is 28.8 Å². The van der Waals surface area contributed by atoms with E-state index in [9.17, 15) is 4.79 Å². The molecule has 3 nitrogen and oxygen atoms in total. The number of thiazole rings is 1. The van der Waals surface area contributed by atoms with Crippen molar-refractivity contribution in [1.29, 1.82) is 0 Å². The minimum absolute atomic E-state index is 0.202. The van der Waals surface area contributed by atoms with Crippen molar-refractivity contribution < 1.29 is 9.53 Å². The Balaban J connectivity index is 2.36. The van der Waals surface area contributed by atoms with Gasteiger partial charge in [0, 0.05) is 5.56 Å². The molecule has 0 unspecified atom stereocenters. The maximum absolute atomic E-state index is 11.5. The Morgan fingerprint density at radius 3 is 2.95 bits per heavy atom. The summed E-state index contributed by atoms with van der Waals surface area (Å²) in [6.07, 6.45) is 2.12. The molecule has 2 rings (SSSR count). The zero-order valence-corrected chi connectivity index (χ0v) is 12.3. The molecule has 0 spiro atoms. The number of hydrogen-bond donors (Lipinski definition) is 0. The first-order valence-electron chi connectivity index (χ1n) is 5.99. The molecule has 1 heterocycles. The molecule has 0 saturated carbocycles. The summed E-state index contributed by atoms with van der Waals surface area (Å²) >= 11 is 7.22. The maximum atomic E-state index is 11.5. The highest BCUT2D eigenvalue weighted by Gasteiger charge is 2.18. The van der Waals surface area contributed by atoms with Crippen molar-refractivity contribution in [3.63, 3.8) is 0 Å². The predicted molar refractivity (Wildman–Crippen MR) is 77.9 cm³/mol. The lowest BCUT2D eigenvalue weighted by atomic mass is 10.1. The normalized spacial score (nSPS) is 10.5. The SMILES string of the molecule is CCCc1cccc(-c2nc(Cl)c(C(=O)OC)s2)c1. The third-order valence-electron chi connectivity index (χ3n) is 2.67. The van der Waals surface area contributed by atoms with Gasteiger partial charge < -0.3 is 4.74 Å². The van der Waals surface area contributed by atoms with E-state index in [-0.39, 0.29) is 5.15 Å². The highest BCUT2D eigenvalue weighted by atomic mass is 35.5. The molecular weight excluding hydrogens is 282 g/mol. The summed E-state index contributed by atoms with van der Waals surface area (Å²) in [5.74, 6) is -0.446. The molecule has 0 aliphatic carbocycles. The molecule has 5 heteroatoms. The zero-order valence-electron chi connectivity index (χ0n) is 10.8. The Morgan fingerprint density at radius 1 is 1.47 bits per heavy atom. The van der Waals surface area contributed by atoms with E-state index < -0.39 is 5.97 Å². The highest BCUT2D eigenvalue weighted by Crippen LogP contribution is 2.31. The fourth-order valence-electron chi connectivity index (χ4n) is 1.79. The van der Waals surface area contributed by atoms with Gasteiger partial charge in [-0.1, -0.05) is 43.1 Å². The Bertz CT molecular complexity index is 595. The number of hydrogen-bond acceptors (Lipinski definition) is 4. The average Bonchev–Trinajstić information content (AvgIpc) is 2.81. The van der Waals surface area contributed by atoms with E-state index in [0.717, 1.165) is 23.4 Å². The molecule has 0 N–H and O–H groups in total. The smallest absolute Gasteiger partial charge is 0.351 e. The summed E-state index contributed by atoms with van der Waals surface area (Å²) < 4.78 is 4.68. The van der Waals surface area contributed by atoms with Crippen LogP contribution in [0.2, 0.25) is 5.15 Å². The van der Waals surface area contributed by atoms with Crippen LogP contribution in [-0.4, -0.2) is 18.1 Å². The second kappa shape index (κ2) is 6.17. The quantitative estimate of drug-likeness (QED) is 0.794. The van der Waals surface area contributed by atoms with Gasteiger partial charge >= 0.3 is 5.97 Å². The van der Waals surface area contributed by atoms with Gasteiger partial charge in [0.05, 0.1) is 7.11 Å². The summed E-state index contributed by atoms with van der Waals surface area (Å²) in [6.45, 7) is 2.14. The van der Waals surface area contributed by atoms with Gasteiger partial charge in [0.1, 0.15) is 5.01 Å². The van der Waals surface area contributed by atoms with Gasteiger partial charge in [-0.2, -0.15) is 0 Å². The Hall–Kier alpha value is -1.39. The fraction of sp³-hybridized carbons (Fsp3) is 0.286. The van der Waals surface area contributed by atoms with Crippen LogP contribution in [-0.2, 0) is 11.2 Å². The number of esters is 1. The van der Waals surface area contributed by atoms with E-state index in [1.807, 2.05) is 12.1 Å². The number of halogens is 1. The maximum Gasteiger partial charge on any atom is 0.351 e. The number of nitrogens with zero attached hydrogens (tertiary/aromatic N) is 1. The largest absolute Gasteiger partial charge is 0.465 e. The first kappa shape index (κ1) is 14.0. The van der Waals surface area contributed by atoms with Crippen molar-refractivity contribution in [2.45, 2.75) is 19.8 Å². The van der Waals surface area contributed by atoms with Crippen molar-refractivity contribution in [2.24, 2.45) is 0 Å². The molecule has 0 saturated heterocycles. The van der Waals surface area contributed by atoms with Gasteiger partial charge in [0.15, 0.2) is 10.0 Å². The van der Waals surface area contributed by atoms with E-state index in [1.54, 1.807) is 0 Å². The van der Waals surface area contributed by atoms with Crippen molar-refractivity contribution in [1.82, 2.24) is 4.98 Å². The van der Waals surface area contributed by atoms with Crippen LogP contribution in [0.15, 0.2) is 24.3 Å². The zero-order chi connectivity index (χ0) is 13.8. The van der Waals surface area contributed by atoms with Crippen molar-refractivity contribution in [2.75, 3.05) is 7.11 Å². The molecular formula is C14H14ClNO2S. The molecule has 19 heavy (non-hydrogen) atoms. The van der Waals surface area contributed by atoms with Crippen LogP contribution in [0, 0.1) is 0 Å². The van der Waals surface area contributed by atoms with Crippen LogP contribution in [0.1, 0.15) is 28.6 Å². The average molecular weight is 296 g/mol. The first-order valence-corrected chi connectivity index (χ1v) is 7.19. The number of benzene rings is 1. The highest BCUT2D eigenvalue weighted by molar-refractivity contribution is 7.17. The molecule has 0 fully saturated rings. The second-order valence-corrected chi connectivity index (χ2v) is 5.44. The van der Waals surface area contributed by atoms with E-state index in [0.29, 0.717) is 4.88 Å². The van der Waals surface area contributed by atoms with Crippen LogP contribution in [0.25, 0.3) is 10.6 Å². The number of rotatable bonds is 4. The van der Waals surface area contributed by atoms with Crippen molar-refractivity contribution in [3.8, 4) is 10.6 Å². The number of carbonyl (C=O) groups excluding carboxylic acids is 1. The lowest BCUT2D eigenvalue weighted by molar-refractivity contribution is 0.0606. The molecule has 0 aliphatic rings. The van der Waals surface area contributed by atoms with E-state index in [4.69, 9.17) is 11.6 Å². The summed E-state index contributed by atoms with van der Waals surface area (Å²) in [6, 6.07) is 8.13. The van der Waals surface area contributed by atoms with Gasteiger partial charge in [-0.05, 0) is 18.1 Å². The van der Waals surface area contributed by atoms with E-state index in [1.165, 1.54) is 24.0 Å². The lowest BCUT2D eigenvalue weighted by Crippen LogP contribution is -1.98. The van der Waals surface area contributed by atoms with Crippen LogP contribution < -0.4 is 0 Å². The minimum Gasteiger partial charge on any atom is -0.465 e. The number of ether oxygens (including phenoxy) is 1. The Kier molecular flexibility index (Phi) is 4.56. The second-order valence-electron chi connectivity index (χ2n) is 4.08. The third kappa shape index (κ3) is 3.14. The third-order valence-corrected chi connectivity index (χ3v) is 4.14. The monoisotopic (exact) mass is 295 g/mol. The van der Waals surface area contributed by atoms with Crippen LogP contribution in [0.5, 0.6) is 0 Å². The van der Waals surface area contributed by atoms with Gasteiger partial charge in [-0.25, -0.2) is 9.78 Å². The van der Waals surface area contributed by atoms with Crippen LogP contribution in [0.4, 0.5) is 0 Å². The fourth-order valence-corrected chi connectivity index (χ4v) is 2.99. The predicted octanol–water partition coefficient (Wildman–Crippen LogP) is 4.20. The molecule has 0 amide bonds. The molecule has 100 valence electrons. The molecule has 1 aromatic carbocycles. The molecule has 0 aliphatic heterocycles. The Labute approximate surface area is 121 Å². The van der Waals surface area contributed by atoms with Crippen molar-refractivity contribution >= 4 is 28.9 Å². The van der Waals surface area contributed by atoms with Crippen molar-refractivity contribution in [3.05, 3.63) is 39.9 Å². The Morgan fingerprint density at radius 2 is 2.26 bits per heavy atom. The molecule has 2 aromatic rings. The molecule has 0 radical (unpaired) electrons. The first-order chi connectivity index (χ1) is 9.15. The number of aryl methyl sites for hydroxylation is 1. The summed E-state index contributed by atoms with van der Waals surface area (Å²) in [7, 11) is 1.33. The van der Waals surface area contributed by atoms with Crippen LogP contribution >= 0.6 is 22.9 Å². The van der Waals surface area contributed by atoms with Gasteiger partial charge in [0.25, 0.3) is 0 Å². The van der Waals surface area contributed by atoms with Gasteiger partial charge in [-0.15, -0.1) is 11.3 Å². The summed E-state index contributed by atoms with van der Waals surface area (Å²) in [5, 5.41) is 0.941. The molecule has 0 atom stereocenters. The number of aromatic nitrogens is 1. The van der Waals surface area contributed by atoms with Gasteiger partial charge in [0.2, 0.25) is 0 Å².